The fraction of sp³-hybridized carbons (Fsp3) is 0.278. The Bertz CT molecular complexity index is 3420. The van der Waals surface area contributed by atoms with Crippen LogP contribution < -0.4 is 4.74 Å². The van der Waals surface area contributed by atoms with Gasteiger partial charge in [0.1, 0.15) is 28.5 Å². The van der Waals surface area contributed by atoms with Crippen molar-refractivity contribution in [1.82, 2.24) is 23.9 Å². The van der Waals surface area contributed by atoms with Gasteiger partial charge in [0.05, 0.1) is 27.8 Å². The predicted octanol–water partition coefficient (Wildman–Crippen LogP) is 13.9. The van der Waals surface area contributed by atoms with E-state index >= 15 is 0 Å². The van der Waals surface area contributed by atoms with Crippen LogP contribution in [0.5, 0.6) is 11.5 Å². The molecule has 1 fully saturated rings. The van der Waals surface area contributed by atoms with Crippen LogP contribution in [0.15, 0.2) is 120 Å². The Balaban J connectivity index is 0.999. The number of fused-ring (bicyclic) bond motifs is 11. The zero-order valence-electron chi connectivity index (χ0n) is 35.7. The number of ether oxygens (including phenoxy) is 1. The van der Waals surface area contributed by atoms with Crippen molar-refractivity contribution in [3.05, 3.63) is 138 Å². The molecule has 61 heavy (non-hydrogen) atoms. The molecule has 0 amide bonds. The van der Waals surface area contributed by atoms with Crippen LogP contribution in [0.4, 0.5) is 0 Å². The minimum Gasteiger partial charge on any atom is -0.457 e. The first kappa shape index (κ1) is 36.4. The van der Waals surface area contributed by atoms with Crippen molar-refractivity contribution in [2.75, 3.05) is 0 Å². The van der Waals surface area contributed by atoms with Crippen LogP contribution in [-0.4, -0.2) is 23.9 Å². The first-order valence-electron chi connectivity index (χ1n) is 21.8. The van der Waals surface area contributed by atoms with Crippen molar-refractivity contribution in [1.29, 1.82) is 0 Å². The van der Waals surface area contributed by atoms with Gasteiger partial charge in [0.25, 0.3) is 0 Å². The van der Waals surface area contributed by atoms with Gasteiger partial charge in [-0.25, -0.2) is 9.97 Å². The number of hydrogen-bond donors (Lipinski definition) is 0. The molecule has 10 aromatic rings. The fourth-order valence-electron chi connectivity index (χ4n) is 11.7. The molecule has 0 spiro atoms. The van der Waals surface area contributed by atoms with E-state index in [1.54, 1.807) is 0 Å². The molecule has 0 N–H and O–H groups in total. The molecule has 12 rings (SSSR count). The van der Waals surface area contributed by atoms with E-state index in [-0.39, 0.29) is 0 Å². The summed E-state index contributed by atoms with van der Waals surface area (Å²) in [5, 5.41) is 4.42. The van der Waals surface area contributed by atoms with Gasteiger partial charge in [0.2, 0.25) is 5.78 Å². The highest BCUT2D eigenvalue weighted by molar-refractivity contribution is 6.21. The summed E-state index contributed by atoms with van der Waals surface area (Å²) in [6.45, 7) is 14.1. The zero-order valence-corrected chi connectivity index (χ0v) is 35.7. The Morgan fingerprint density at radius 3 is 2.33 bits per heavy atom. The molecule has 0 aliphatic heterocycles. The lowest BCUT2D eigenvalue weighted by molar-refractivity contribution is 0.0416. The number of para-hydroxylation sites is 2. The Morgan fingerprint density at radius 1 is 0.672 bits per heavy atom. The quantitative estimate of drug-likeness (QED) is 0.173. The summed E-state index contributed by atoms with van der Waals surface area (Å²) in [4.78, 5) is 15.2. The van der Waals surface area contributed by atoms with Gasteiger partial charge in [-0.1, -0.05) is 70.2 Å². The van der Waals surface area contributed by atoms with Gasteiger partial charge < -0.3 is 9.15 Å². The largest absolute Gasteiger partial charge is 0.457 e. The van der Waals surface area contributed by atoms with Crippen LogP contribution in [0.2, 0.25) is 0 Å². The van der Waals surface area contributed by atoms with Crippen LogP contribution in [0.25, 0.3) is 77.6 Å². The highest BCUT2D eigenvalue weighted by Crippen LogP contribution is 2.53. The van der Waals surface area contributed by atoms with Crippen molar-refractivity contribution in [2.24, 2.45) is 22.7 Å². The van der Waals surface area contributed by atoms with Crippen LogP contribution >= 0.6 is 0 Å². The van der Waals surface area contributed by atoms with E-state index in [9.17, 15) is 0 Å². The topological polar surface area (TPSA) is 70.4 Å². The molecular weight excluding hydrogens is 751 g/mol. The molecule has 7 heteroatoms. The molecule has 5 aromatic carbocycles. The summed E-state index contributed by atoms with van der Waals surface area (Å²) >= 11 is 0. The molecule has 302 valence electrons. The second-order valence-corrected chi connectivity index (χ2v) is 19.7. The minimum absolute atomic E-state index is 0.367. The molecule has 2 aliphatic rings. The number of hydrogen-bond acceptors (Lipinski definition) is 5. The Hall–Kier alpha value is -6.47. The summed E-state index contributed by atoms with van der Waals surface area (Å²) in [5.41, 5.74) is 13.4. The van der Waals surface area contributed by atoms with Gasteiger partial charge in [-0.15, -0.1) is 0 Å². The second-order valence-electron chi connectivity index (χ2n) is 19.7. The Morgan fingerprint density at radius 2 is 1.48 bits per heavy atom. The zero-order chi connectivity index (χ0) is 41.4. The number of aryl methyl sites for hydroxylation is 2. The smallest absolute Gasteiger partial charge is 0.221 e. The molecule has 1 unspecified atom stereocenters. The number of pyridine rings is 2. The lowest BCUT2D eigenvalue weighted by Crippen LogP contribution is -2.37. The highest BCUT2D eigenvalue weighted by atomic mass is 16.5. The van der Waals surface area contributed by atoms with Crippen molar-refractivity contribution in [3.63, 3.8) is 0 Å². The maximum absolute atomic E-state index is 6.98. The van der Waals surface area contributed by atoms with E-state index < -0.39 is 0 Å². The number of aromatic nitrogens is 5. The van der Waals surface area contributed by atoms with E-state index in [2.05, 4.69) is 154 Å². The number of furan rings is 1. The molecule has 5 heterocycles. The monoisotopic (exact) mass is 799 g/mol. The summed E-state index contributed by atoms with van der Waals surface area (Å²) in [6.07, 6.45) is 10.2. The van der Waals surface area contributed by atoms with Crippen LogP contribution in [0.3, 0.4) is 0 Å². The first-order valence-corrected chi connectivity index (χ1v) is 21.8. The first-order chi connectivity index (χ1) is 29.4. The minimum atomic E-state index is 0.367. The molecule has 2 aliphatic carbocycles. The van der Waals surface area contributed by atoms with Crippen molar-refractivity contribution in [2.45, 2.75) is 73.6 Å². The fourth-order valence-corrected chi connectivity index (χ4v) is 11.7. The molecule has 0 bridgehead atoms. The average Bonchev–Trinajstić information content (AvgIpc) is 4.00. The Kier molecular flexibility index (Phi) is 7.76. The van der Waals surface area contributed by atoms with Crippen LogP contribution in [0, 0.1) is 36.5 Å². The average molecular weight is 800 g/mol. The van der Waals surface area contributed by atoms with Gasteiger partial charge in [-0.05, 0) is 156 Å². The van der Waals surface area contributed by atoms with Gasteiger partial charge in [0, 0.05) is 34.8 Å². The lowest BCUT2D eigenvalue weighted by Gasteiger charge is -2.47. The van der Waals surface area contributed by atoms with Gasteiger partial charge >= 0.3 is 0 Å². The molecule has 1 atom stereocenters. The third-order valence-corrected chi connectivity index (χ3v) is 14.0. The van der Waals surface area contributed by atoms with Gasteiger partial charge in [-0.2, -0.15) is 0 Å². The molecule has 0 radical (unpaired) electrons. The normalized spacial score (nSPS) is 17.7. The summed E-state index contributed by atoms with van der Waals surface area (Å²) in [5.74, 6) is 4.43. The summed E-state index contributed by atoms with van der Waals surface area (Å²) < 4.78 is 18.2. The summed E-state index contributed by atoms with van der Waals surface area (Å²) in [7, 11) is 0. The standard InChI is InChI=1S/C54H49N5O2/c1-31-19-49(56-28-32(31)2)59-47-25-38(16-17-46(47)58-45-14-10-9-13-43(45)57-52(58)59)60-39-23-41(51-42(24-39)50-40-12-8-7-11-33(40)15-18-48(50)61-51)44-22-35-20-34(21-36(35)29-55-44)37-26-53(3,4)30-54(5,6)27-37/h7-19,22-25,28-29,34,37H,20-21,26-27,30H2,1-6H3. The number of imidazole rings is 2. The maximum Gasteiger partial charge on any atom is 0.221 e. The molecule has 1 saturated carbocycles. The molecule has 0 saturated heterocycles. The number of nitrogens with zero attached hydrogens (tertiary/aromatic N) is 5. The third kappa shape index (κ3) is 5.88. The Labute approximate surface area is 355 Å². The lowest BCUT2D eigenvalue weighted by atomic mass is 9.59. The van der Waals surface area contributed by atoms with E-state index in [0.717, 1.165) is 96.4 Å². The van der Waals surface area contributed by atoms with Crippen molar-refractivity contribution >= 4 is 60.6 Å². The molecule has 5 aromatic heterocycles. The van der Waals surface area contributed by atoms with Crippen molar-refractivity contribution < 1.29 is 9.15 Å². The molecule has 7 nitrogen and oxygen atoms in total. The number of rotatable bonds is 5. The van der Waals surface area contributed by atoms with Gasteiger partial charge in [-0.3, -0.25) is 14.0 Å². The molecular formula is C54H49N5O2. The van der Waals surface area contributed by atoms with E-state index in [0.29, 0.717) is 28.4 Å². The third-order valence-electron chi connectivity index (χ3n) is 14.0. The summed E-state index contributed by atoms with van der Waals surface area (Å²) in [6, 6.07) is 36.1. The SMILES string of the molecule is Cc1cnc(-n2c3cc(Oc4cc(-c5cc6c(cn5)CC(C5CC(C)(C)CC(C)(C)C5)C6)c5oc6ccc7ccccc7c6c5c4)ccc3n3c4ccccc4nc23)cc1C. The van der Waals surface area contributed by atoms with Crippen LogP contribution in [0.1, 0.15) is 69.2 Å². The number of benzene rings is 5. The second kappa shape index (κ2) is 13.0. The van der Waals surface area contributed by atoms with E-state index in [4.69, 9.17) is 24.1 Å². The van der Waals surface area contributed by atoms with Crippen LogP contribution in [-0.2, 0) is 12.8 Å². The maximum atomic E-state index is 6.98. The van der Waals surface area contributed by atoms with E-state index in [1.165, 1.54) is 41.3 Å². The van der Waals surface area contributed by atoms with E-state index in [1.807, 2.05) is 12.3 Å². The van der Waals surface area contributed by atoms with Gasteiger partial charge in [0.15, 0.2) is 0 Å². The highest BCUT2D eigenvalue weighted by Gasteiger charge is 2.42. The van der Waals surface area contributed by atoms with Crippen molar-refractivity contribution in [3.8, 4) is 28.6 Å². The predicted molar refractivity (Wildman–Crippen MR) is 247 cm³/mol.